The predicted molar refractivity (Wildman–Crippen MR) is 115 cm³/mol. The number of sulfone groups is 1. The quantitative estimate of drug-likeness (QED) is 0.535. The summed E-state index contributed by atoms with van der Waals surface area (Å²) >= 11 is 0. The number of rotatable bonds is 7. The highest BCUT2D eigenvalue weighted by molar-refractivity contribution is 7.90. The average Bonchev–Trinajstić information content (AvgIpc) is 2.63. The number of ether oxygens (including phenoxy) is 1. The van der Waals surface area contributed by atoms with E-state index in [9.17, 15) is 12.8 Å². The van der Waals surface area contributed by atoms with Crippen LogP contribution in [0.4, 0.5) is 4.39 Å². The van der Waals surface area contributed by atoms with Crippen molar-refractivity contribution in [2.24, 2.45) is 10.4 Å². The fourth-order valence-electron chi connectivity index (χ4n) is 3.24. The van der Waals surface area contributed by atoms with Gasteiger partial charge in [0, 0.05) is 25.9 Å². The molecular weight excluding hydrogens is 393 g/mol. The van der Waals surface area contributed by atoms with E-state index in [0.29, 0.717) is 26.1 Å². The van der Waals surface area contributed by atoms with Crippen LogP contribution in [0.15, 0.2) is 29.3 Å². The molecule has 0 amide bonds. The van der Waals surface area contributed by atoms with Gasteiger partial charge >= 0.3 is 0 Å². The van der Waals surface area contributed by atoms with Crippen molar-refractivity contribution in [1.82, 2.24) is 10.2 Å². The summed E-state index contributed by atoms with van der Waals surface area (Å²) in [6.07, 6.45) is 1.66. The van der Waals surface area contributed by atoms with Crippen LogP contribution in [0.5, 0.6) is 0 Å². The van der Waals surface area contributed by atoms with Crippen molar-refractivity contribution in [2.75, 3.05) is 38.2 Å². The molecule has 1 saturated heterocycles. The van der Waals surface area contributed by atoms with Crippen LogP contribution in [-0.4, -0.2) is 63.6 Å². The van der Waals surface area contributed by atoms with Crippen LogP contribution in [0.2, 0.25) is 0 Å². The first-order valence-corrected chi connectivity index (χ1v) is 12.2. The van der Waals surface area contributed by atoms with Crippen molar-refractivity contribution in [1.29, 1.82) is 0 Å². The summed E-state index contributed by atoms with van der Waals surface area (Å²) in [5.41, 5.74) is 0.713. The van der Waals surface area contributed by atoms with E-state index >= 15 is 0 Å². The van der Waals surface area contributed by atoms with Crippen LogP contribution < -0.4 is 5.32 Å². The summed E-state index contributed by atoms with van der Waals surface area (Å²) in [6.45, 7) is 10.7. The number of nitrogens with one attached hydrogen (secondary N) is 1. The van der Waals surface area contributed by atoms with Crippen LogP contribution in [0.3, 0.4) is 0 Å². The number of hydrogen-bond donors (Lipinski definition) is 1. The number of aliphatic imine (C=N–C) groups is 1. The van der Waals surface area contributed by atoms with Crippen LogP contribution >= 0.6 is 0 Å². The first-order valence-electron chi connectivity index (χ1n) is 10.1. The fraction of sp³-hybridized carbons (Fsp3) is 0.667. The Morgan fingerprint density at radius 1 is 1.31 bits per heavy atom. The molecule has 1 aliphatic rings. The van der Waals surface area contributed by atoms with Crippen molar-refractivity contribution in [3.05, 3.63) is 35.6 Å². The molecule has 1 heterocycles. The molecule has 0 saturated carbocycles. The maximum Gasteiger partial charge on any atom is 0.194 e. The summed E-state index contributed by atoms with van der Waals surface area (Å²) in [6, 6.07) is 6.42. The molecule has 0 spiro atoms. The van der Waals surface area contributed by atoms with E-state index < -0.39 is 9.84 Å². The molecule has 6 nitrogen and oxygen atoms in total. The lowest BCUT2D eigenvalue weighted by atomic mass is 9.90. The predicted octanol–water partition coefficient (Wildman–Crippen LogP) is 3.01. The molecule has 0 radical (unpaired) electrons. The van der Waals surface area contributed by atoms with Gasteiger partial charge in [-0.2, -0.15) is 0 Å². The molecule has 1 aromatic rings. The molecule has 1 aliphatic heterocycles. The van der Waals surface area contributed by atoms with Gasteiger partial charge in [0.05, 0.1) is 18.4 Å². The molecule has 0 aliphatic carbocycles. The molecule has 2 atom stereocenters. The normalized spacial score (nSPS) is 21.3. The molecule has 8 heteroatoms. The van der Waals surface area contributed by atoms with Crippen LogP contribution in [-0.2, 0) is 14.6 Å². The summed E-state index contributed by atoms with van der Waals surface area (Å²) in [5, 5.41) is 3.34. The van der Waals surface area contributed by atoms with E-state index in [1.165, 1.54) is 18.4 Å². The second-order valence-electron chi connectivity index (χ2n) is 8.61. The molecule has 29 heavy (non-hydrogen) atoms. The largest absolute Gasteiger partial charge is 0.367 e. The molecule has 0 bridgehead atoms. The first-order chi connectivity index (χ1) is 13.5. The number of benzene rings is 1. The van der Waals surface area contributed by atoms with Gasteiger partial charge in [0.2, 0.25) is 0 Å². The molecule has 1 N–H and O–H groups in total. The Kier molecular flexibility index (Phi) is 8.05. The maximum atomic E-state index is 13.3. The van der Waals surface area contributed by atoms with E-state index in [-0.39, 0.29) is 29.2 Å². The Morgan fingerprint density at radius 3 is 2.55 bits per heavy atom. The molecule has 2 unspecified atom stereocenters. The minimum atomic E-state index is -2.99. The summed E-state index contributed by atoms with van der Waals surface area (Å²) in [7, 11) is -2.99. The topological polar surface area (TPSA) is 71.0 Å². The van der Waals surface area contributed by atoms with Gasteiger partial charge in [-0.25, -0.2) is 12.8 Å². The van der Waals surface area contributed by atoms with Gasteiger partial charge in [0.1, 0.15) is 21.8 Å². The van der Waals surface area contributed by atoms with Gasteiger partial charge < -0.3 is 15.0 Å². The van der Waals surface area contributed by atoms with Gasteiger partial charge in [-0.3, -0.25) is 4.99 Å². The maximum absolute atomic E-state index is 13.3. The monoisotopic (exact) mass is 427 g/mol. The molecule has 1 aromatic carbocycles. The molecule has 2 rings (SSSR count). The Bertz CT molecular complexity index is 794. The summed E-state index contributed by atoms with van der Waals surface area (Å²) in [4.78, 5) is 6.97. The van der Waals surface area contributed by atoms with Crippen molar-refractivity contribution in [2.45, 2.75) is 46.3 Å². The Morgan fingerprint density at radius 2 is 1.97 bits per heavy atom. The number of halogens is 1. The minimum absolute atomic E-state index is 0.000837. The van der Waals surface area contributed by atoms with E-state index in [4.69, 9.17) is 9.73 Å². The Balaban J connectivity index is 2.12. The van der Waals surface area contributed by atoms with Crippen LogP contribution in [0.25, 0.3) is 0 Å². The van der Waals surface area contributed by atoms with Gasteiger partial charge in [-0.1, -0.05) is 26.0 Å². The van der Waals surface area contributed by atoms with Crippen molar-refractivity contribution < 1.29 is 17.5 Å². The molecule has 1 fully saturated rings. The van der Waals surface area contributed by atoms with E-state index in [2.05, 4.69) is 10.2 Å². The third-order valence-electron chi connectivity index (χ3n) is 4.94. The molecule has 164 valence electrons. The summed E-state index contributed by atoms with van der Waals surface area (Å²) in [5.74, 6) is 0.690. The van der Waals surface area contributed by atoms with Crippen molar-refractivity contribution >= 4 is 15.8 Å². The zero-order chi connectivity index (χ0) is 21.7. The van der Waals surface area contributed by atoms with Gasteiger partial charge in [0.25, 0.3) is 0 Å². The van der Waals surface area contributed by atoms with Crippen LogP contribution in [0.1, 0.15) is 45.8 Å². The standard InChI is InChI=1S/C21H34FN3O3S/c1-6-23-20(24-15-21(3,4)11-12-29(5,26)27)25-13-16(2)28-19(14-25)17-7-9-18(22)10-8-17/h7-10,16,19H,6,11-15H2,1-5H3,(H,23,24). The third kappa shape index (κ3) is 7.93. The Hall–Kier alpha value is -1.67. The number of guanidine groups is 1. The van der Waals surface area contributed by atoms with E-state index in [1.54, 1.807) is 12.1 Å². The van der Waals surface area contributed by atoms with E-state index in [1.807, 2.05) is 27.7 Å². The second kappa shape index (κ2) is 9.89. The summed E-state index contributed by atoms with van der Waals surface area (Å²) < 4.78 is 42.3. The lowest BCUT2D eigenvalue weighted by Crippen LogP contribution is -2.51. The molecular formula is C21H34FN3O3S. The van der Waals surface area contributed by atoms with E-state index in [0.717, 1.165) is 18.1 Å². The number of hydrogen-bond acceptors (Lipinski definition) is 4. The van der Waals surface area contributed by atoms with Gasteiger partial charge in [0.15, 0.2) is 5.96 Å². The van der Waals surface area contributed by atoms with Gasteiger partial charge in [-0.05, 0) is 43.4 Å². The minimum Gasteiger partial charge on any atom is -0.367 e. The SMILES string of the molecule is CCNC(=NCC(C)(C)CCS(C)(=O)=O)N1CC(C)OC(c2ccc(F)cc2)C1. The second-order valence-corrected chi connectivity index (χ2v) is 10.9. The molecule has 0 aromatic heterocycles. The first kappa shape index (κ1) is 23.6. The number of morpholine rings is 1. The highest BCUT2D eigenvalue weighted by atomic mass is 32.2. The van der Waals surface area contributed by atoms with Crippen molar-refractivity contribution in [3.63, 3.8) is 0 Å². The van der Waals surface area contributed by atoms with Gasteiger partial charge in [-0.15, -0.1) is 0 Å². The highest BCUT2D eigenvalue weighted by Gasteiger charge is 2.29. The fourth-order valence-corrected chi connectivity index (χ4v) is 4.16. The lowest BCUT2D eigenvalue weighted by Gasteiger charge is -2.39. The Labute approximate surface area is 174 Å². The zero-order valence-electron chi connectivity index (χ0n) is 18.1. The van der Waals surface area contributed by atoms with Crippen LogP contribution in [0, 0.1) is 11.2 Å². The lowest BCUT2D eigenvalue weighted by molar-refractivity contribution is -0.0605. The third-order valence-corrected chi connectivity index (χ3v) is 5.89. The smallest absolute Gasteiger partial charge is 0.194 e. The number of nitrogens with zero attached hydrogens (tertiary/aromatic N) is 2. The average molecular weight is 428 g/mol. The van der Waals surface area contributed by atoms with Crippen molar-refractivity contribution in [3.8, 4) is 0 Å². The highest BCUT2D eigenvalue weighted by Crippen LogP contribution is 2.26. The zero-order valence-corrected chi connectivity index (χ0v) is 18.9.